The Morgan fingerprint density at radius 3 is 3.09 bits per heavy atom. The molecule has 3 aromatic rings. The van der Waals surface area contributed by atoms with Gasteiger partial charge in [-0.25, -0.2) is 4.98 Å². The Bertz CT molecular complexity index is 876. The maximum Gasteiger partial charge on any atom is 0.259 e. The van der Waals surface area contributed by atoms with Gasteiger partial charge in [-0.1, -0.05) is 6.42 Å². The van der Waals surface area contributed by atoms with Crippen molar-refractivity contribution in [1.29, 1.82) is 0 Å². The number of hydrogen-bond acceptors (Lipinski definition) is 4. The average Bonchev–Trinajstić information content (AvgIpc) is 3.18. The van der Waals surface area contributed by atoms with E-state index < -0.39 is 0 Å². The minimum absolute atomic E-state index is 0.0303. The van der Waals surface area contributed by atoms with Crippen LogP contribution >= 0.6 is 0 Å². The Morgan fingerprint density at radius 2 is 2.26 bits per heavy atom. The van der Waals surface area contributed by atoms with E-state index in [0.29, 0.717) is 5.78 Å². The van der Waals surface area contributed by atoms with Crippen LogP contribution < -0.4 is 5.56 Å². The van der Waals surface area contributed by atoms with Gasteiger partial charge in [-0.2, -0.15) is 5.10 Å². The molecule has 1 aliphatic heterocycles. The number of likely N-dealkylation sites (tertiary alicyclic amines) is 1. The number of H-pyrrole nitrogens is 1. The van der Waals surface area contributed by atoms with E-state index in [1.165, 1.54) is 22.9 Å². The fourth-order valence-electron chi connectivity index (χ4n) is 3.42. The van der Waals surface area contributed by atoms with Gasteiger partial charge in [-0.15, -0.1) is 0 Å². The SMILES string of the molecule is Cn1nccc1CN1CCCCC1c1cc(=O)n2ccnc2[nH]1. The van der Waals surface area contributed by atoms with Crippen LogP contribution in [0.5, 0.6) is 0 Å². The van der Waals surface area contributed by atoms with Crippen LogP contribution in [0, 0.1) is 0 Å². The molecule has 1 aliphatic rings. The summed E-state index contributed by atoms with van der Waals surface area (Å²) in [6, 6.07) is 3.97. The molecule has 0 aromatic carbocycles. The molecular weight excluding hydrogens is 292 g/mol. The molecule has 0 aliphatic carbocycles. The molecule has 1 N–H and O–H groups in total. The predicted molar refractivity (Wildman–Crippen MR) is 86.0 cm³/mol. The highest BCUT2D eigenvalue weighted by Crippen LogP contribution is 2.30. The molecule has 0 amide bonds. The van der Waals surface area contributed by atoms with Crippen LogP contribution in [0.2, 0.25) is 0 Å². The van der Waals surface area contributed by atoms with E-state index in [9.17, 15) is 4.79 Å². The topological polar surface area (TPSA) is 71.2 Å². The van der Waals surface area contributed by atoms with Crippen LogP contribution in [0.3, 0.4) is 0 Å². The summed E-state index contributed by atoms with van der Waals surface area (Å²) in [5.74, 6) is 0.610. The summed E-state index contributed by atoms with van der Waals surface area (Å²) in [6.45, 7) is 1.86. The molecule has 0 bridgehead atoms. The molecule has 3 aromatic heterocycles. The number of nitrogens with one attached hydrogen (secondary N) is 1. The van der Waals surface area contributed by atoms with Crippen LogP contribution in [0.1, 0.15) is 36.7 Å². The minimum Gasteiger partial charge on any atom is -0.327 e. The first kappa shape index (κ1) is 14.2. The van der Waals surface area contributed by atoms with E-state index in [2.05, 4.69) is 20.0 Å². The standard InChI is InChI=1S/C16H20N6O/c1-20-12(5-6-18-20)11-21-8-3-2-4-14(21)13-10-15(23)22-9-7-17-16(22)19-13/h5-7,9-10,14H,2-4,8,11H2,1H3,(H,17,19). The Morgan fingerprint density at radius 1 is 1.35 bits per heavy atom. The molecule has 4 heterocycles. The van der Waals surface area contributed by atoms with Crippen molar-refractivity contribution in [3.05, 3.63) is 52.5 Å². The highest BCUT2D eigenvalue weighted by Gasteiger charge is 2.26. The first-order chi connectivity index (χ1) is 11.2. The van der Waals surface area contributed by atoms with Crippen molar-refractivity contribution in [2.75, 3.05) is 6.54 Å². The predicted octanol–water partition coefficient (Wildman–Crippen LogP) is 1.48. The molecular formula is C16H20N6O. The Labute approximate surface area is 133 Å². The lowest BCUT2D eigenvalue weighted by Crippen LogP contribution is -2.35. The van der Waals surface area contributed by atoms with Gasteiger partial charge in [0.15, 0.2) is 0 Å². The van der Waals surface area contributed by atoms with Gasteiger partial charge in [0.05, 0.1) is 11.7 Å². The monoisotopic (exact) mass is 312 g/mol. The molecule has 7 nitrogen and oxygen atoms in total. The highest BCUT2D eigenvalue weighted by molar-refractivity contribution is 5.30. The molecule has 23 heavy (non-hydrogen) atoms. The summed E-state index contributed by atoms with van der Waals surface area (Å²) in [5, 5.41) is 4.25. The summed E-state index contributed by atoms with van der Waals surface area (Å²) in [4.78, 5) is 22.2. The Hall–Kier alpha value is -2.41. The van der Waals surface area contributed by atoms with E-state index in [4.69, 9.17) is 0 Å². The van der Waals surface area contributed by atoms with E-state index in [1.54, 1.807) is 18.5 Å². The van der Waals surface area contributed by atoms with Crippen molar-refractivity contribution in [1.82, 2.24) is 29.0 Å². The number of hydrogen-bond donors (Lipinski definition) is 1. The van der Waals surface area contributed by atoms with Gasteiger partial charge in [0, 0.05) is 43.9 Å². The summed E-state index contributed by atoms with van der Waals surface area (Å²) in [7, 11) is 1.97. The van der Waals surface area contributed by atoms with Crippen LogP contribution in [-0.4, -0.2) is 35.6 Å². The number of aryl methyl sites for hydroxylation is 1. The van der Waals surface area contributed by atoms with Crippen molar-refractivity contribution >= 4 is 5.78 Å². The first-order valence-electron chi connectivity index (χ1n) is 7.99. The largest absolute Gasteiger partial charge is 0.327 e. The van der Waals surface area contributed by atoms with Gasteiger partial charge in [-0.05, 0) is 25.5 Å². The zero-order valence-corrected chi connectivity index (χ0v) is 13.1. The minimum atomic E-state index is -0.0303. The highest BCUT2D eigenvalue weighted by atomic mass is 16.1. The maximum absolute atomic E-state index is 12.3. The molecule has 0 saturated carbocycles. The molecule has 120 valence electrons. The maximum atomic E-state index is 12.3. The summed E-state index contributed by atoms with van der Waals surface area (Å²) in [5.41, 5.74) is 2.11. The van der Waals surface area contributed by atoms with E-state index in [-0.39, 0.29) is 11.6 Å². The second-order valence-corrected chi connectivity index (χ2v) is 6.11. The quantitative estimate of drug-likeness (QED) is 0.795. The van der Waals surface area contributed by atoms with Crippen molar-refractivity contribution < 1.29 is 0 Å². The van der Waals surface area contributed by atoms with E-state index >= 15 is 0 Å². The molecule has 0 spiro atoms. The van der Waals surface area contributed by atoms with Gasteiger partial charge in [-0.3, -0.25) is 18.8 Å². The number of piperidine rings is 1. The second kappa shape index (κ2) is 5.66. The Balaban J connectivity index is 1.68. The number of aromatic nitrogens is 5. The van der Waals surface area contributed by atoms with Gasteiger partial charge < -0.3 is 4.98 Å². The third-order valence-corrected chi connectivity index (χ3v) is 4.67. The molecule has 1 saturated heterocycles. The summed E-state index contributed by atoms with van der Waals surface area (Å²) < 4.78 is 3.45. The Kier molecular flexibility index (Phi) is 3.49. The molecule has 1 atom stereocenters. The molecule has 7 heteroatoms. The number of rotatable bonds is 3. The van der Waals surface area contributed by atoms with Crippen LogP contribution in [0.4, 0.5) is 0 Å². The van der Waals surface area contributed by atoms with Gasteiger partial charge in [0.25, 0.3) is 5.56 Å². The third-order valence-electron chi connectivity index (χ3n) is 4.67. The van der Waals surface area contributed by atoms with Gasteiger partial charge in [0.2, 0.25) is 5.78 Å². The van der Waals surface area contributed by atoms with Crippen LogP contribution in [-0.2, 0) is 13.6 Å². The fraction of sp³-hybridized carbons (Fsp3) is 0.438. The normalized spacial score (nSPS) is 19.4. The van der Waals surface area contributed by atoms with Crippen molar-refractivity contribution in [2.24, 2.45) is 7.05 Å². The van der Waals surface area contributed by atoms with Crippen molar-refractivity contribution in [3.8, 4) is 0 Å². The third kappa shape index (κ3) is 2.57. The first-order valence-corrected chi connectivity index (χ1v) is 7.99. The van der Waals surface area contributed by atoms with E-state index in [0.717, 1.165) is 25.2 Å². The smallest absolute Gasteiger partial charge is 0.259 e. The van der Waals surface area contributed by atoms with Gasteiger partial charge in [0.1, 0.15) is 0 Å². The lowest BCUT2D eigenvalue weighted by atomic mass is 9.99. The average molecular weight is 312 g/mol. The summed E-state index contributed by atoms with van der Waals surface area (Å²) in [6.07, 6.45) is 8.56. The van der Waals surface area contributed by atoms with E-state index in [1.807, 2.05) is 24.0 Å². The fourth-order valence-corrected chi connectivity index (χ4v) is 3.42. The molecule has 4 rings (SSSR count). The number of imidazole rings is 1. The lowest BCUT2D eigenvalue weighted by Gasteiger charge is -2.35. The van der Waals surface area contributed by atoms with Crippen LogP contribution in [0.15, 0.2) is 35.5 Å². The van der Waals surface area contributed by atoms with Crippen molar-refractivity contribution in [2.45, 2.75) is 31.8 Å². The molecule has 0 radical (unpaired) electrons. The summed E-state index contributed by atoms with van der Waals surface area (Å²) >= 11 is 0. The van der Waals surface area contributed by atoms with Crippen molar-refractivity contribution in [3.63, 3.8) is 0 Å². The van der Waals surface area contributed by atoms with Crippen LogP contribution in [0.25, 0.3) is 5.78 Å². The zero-order chi connectivity index (χ0) is 15.8. The number of aromatic amines is 1. The zero-order valence-electron chi connectivity index (χ0n) is 13.1. The number of nitrogens with zero attached hydrogens (tertiary/aromatic N) is 5. The number of fused-ring (bicyclic) bond motifs is 1. The lowest BCUT2D eigenvalue weighted by molar-refractivity contribution is 0.134. The van der Waals surface area contributed by atoms with Gasteiger partial charge >= 0.3 is 0 Å². The molecule has 1 unspecified atom stereocenters. The second-order valence-electron chi connectivity index (χ2n) is 6.11. The molecule has 1 fully saturated rings.